The summed E-state index contributed by atoms with van der Waals surface area (Å²) in [7, 11) is 3.22. The summed E-state index contributed by atoms with van der Waals surface area (Å²) in [6.07, 6.45) is 1.90. The van der Waals surface area contributed by atoms with Gasteiger partial charge in [-0.05, 0) is 55.3 Å². The Kier molecular flexibility index (Phi) is 7.88. The number of benzene rings is 3. The van der Waals surface area contributed by atoms with Crippen molar-refractivity contribution in [3.63, 3.8) is 0 Å². The minimum atomic E-state index is -0.398. The molecule has 2 aliphatic heterocycles. The Morgan fingerprint density at radius 2 is 1.74 bits per heavy atom. The maximum absolute atomic E-state index is 14.0. The summed E-state index contributed by atoms with van der Waals surface area (Å²) in [5.41, 5.74) is 3.67. The molecule has 0 aliphatic carbocycles. The first-order valence-electron chi connectivity index (χ1n) is 13.8. The lowest BCUT2D eigenvalue weighted by Crippen LogP contribution is -2.43. The van der Waals surface area contributed by atoms with Crippen LogP contribution in [0.5, 0.6) is 11.5 Å². The van der Waals surface area contributed by atoms with Gasteiger partial charge in [0.2, 0.25) is 11.8 Å². The van der Waals surface area contributed by atoms with Crippen molar-refractivity contribution >= 4 is 29.4 Å². The van der Waals surface area contributed by atoms with Crippen LogP contribution in [0, 0.1) is 5.82 Å². The van der Waals surface area contributed by atoms with Crippen LogP contribution >= 0.6 is 11.8 Å². The summed E-state index contributed by atoms with van der Waals surface area (Å²) in [5, 5.41) is 4.66. The smallest absolute Gasteiger partial charge is 0.242 e. The van der Waals surface area contributed by atoms with Gasteiger partial charge in [-0.1, -0.05) is 30.3 Å². The number of aromatic nitrogens is 2. The zero-order valence-corrected chi connectivity index (χ0v) is 24.3. The fourth-order valence-corrected chi connectivity index (χ4v) is 6.79. The Morgan fingerprint density at radius 3 is 2.43 bits per heavy atom. The largest absolute Gasteiger partial charge is 0.497 e. The van der Waals surface area contributed by atoms with Gasteiger partial charge >= 0.3 is 0 Å². The van der Waals surface area contributed by atoms with Crippen molar-refractivity contribution in [2.75, 3.05) is 44.5 Å². The molecule has 0 saturated carbocycles. The summed E-state index contributed by atoms with van der Waals surface area (Å²) < 4.78 is 27.1. The van der Waals surface area contributed by atoms with Crippen LogP contribution in [0.25, 0.3) is 16.9 Å². The summed E-state index contributed by atoms with van der Waals surface area (Å²) in [6.45, 7) is 1.24. The maximum atomic E-state index is 14.0. The third-order valence-corrected chi connectivity index (χ3v) is 8.92. The van der Waals surface area contributed by atoms with Gasteiger partial charge in [-0.25, -0.2) is 9.07 Å². The van der Waals surface area contributed by atoms with Crippen LogP contribution in [-0.4, -0.2) is 66.1 Å². The standard InChI is InChI=1S/C32H31FN4O4S/c1-40-24-14-15-26(41-2)25(18-24)31-29-30(21-8-4-3-5-9-21)34-37(23-12-10-22(33)11-13-23)32(29)36(28(39)20-42-31)19-27(38)35-16-6-7-17-35/h3-5,8-15,18,31H,6-7,16-17,19-20H2,1-2H3/t31-/m1/s1. The van der Waals surface area contributed by atoms with E-state index in [1.165, 1.54) is 23.9 Å². The number of nitrogens with zero attached hydrogens (tertiary/aromatic N) is 4. The van der Waals surface area contributed by atoms with Gasteiger partial charge in [0, 0.05) is 29.8 Å². The highest BCUT2D eigenvalue weighted by Crippen LogP contribution is 2.51. The highest BCUT2D eigenvalue weighted by atomic mass is 32.2. The number of amides is 2. The van der Waals surface area contributed by atoms with Crippen LogP contribution in [-0.2, 0) is 9.59 Å². The van der Waals surface area contributed by atoms with Crippen molar-refractivity contribution in [3.8, 4) is 28.4 Å². The molecule has 4 aromatic rings. The molecular formula is C32H31FN4O4S. The predicted octanol–water partition coefficient (Wildman–Crippen LogP) is 5.49. The van der Waals surface area contributed by atoms with Gasteiger partial charge in [-0.3, -0.25) is 14.5 Å². The van der Waals surface area contributed by atoms with Crippen molar-refractivity contribution < 1.29 is 23.5 Å². The van der Waals surface area contributed by atoms with Gasteiger partial charge in [-0.2, -0.15) is 5.10 Å². The fourth-order valence-electron chi connectivity index (χ4n) is 5.58. The van der Waals surface area contributed by atoms with Crippen LogP contribution < -0.4 is 14.4 Å². The molecule has 0 spiro atoms. The first-order valence-corrected chi connectivity index (χ1v) is 14.9. The van der Waals surface area contributed by atoms with Crippen LogP contribution in [0.4, 0.5) is 10.2 Å². The molecule has 8 nitrogen and oxygen atoms in total. The third kappa shape index (κ3) is 5.22. The maximum Gasteiger partial charge on any atom is 0.242 e. The van der Waals surface area contributed by atoms with Gasteiger partial charge in [0.1, 0.15) is 29.7 Å². The summed E-state index contributed by atoms with van der Waals surface area (Å²) in [5.74, 6) is 1.21. The molecule has 0 bridgehead atoms. The van der Waals surface area contributed by atoms with Crippen molar-refractivity contribution in [2.24, 2.45) is 0 Å². The first kappa shape index (κ1) is 27.8. The number of likely N-dealkylation sites (tertiary alicyclic amines) is 1. The van der Waals surface area contributed by atoms with Crippen LogP contribution in [0.2, 0.25) is 0 Å². The number of ether oxygens (including phenoxy) is 2. The average Bonchev–Trinajstić information content (AvgIpc) is 3.67. The van der Waals surface area contributed by atoms with Gasteiger partial charge in [0.25, 0.3) is 0 Å². The van der Waals surface area contributed by atoms with E-state index >= 15 is 0 Å². The van der Waals surface area contributed by atoms with Crippen LogP contribution in [0.15, 0.2) is 72.8 Å². The first-order chi connectivity index (χ1) is 20.5. The van der Waals surface area contributed by atoms with E-state index in [0.29, 0.717) is 41.8 Å². The molecule has 3 aromatic carbocycles. The number of halogens is 1. The lowest BCUT2D eigenvalue weighted by molar-refractivity contribution is -0.130. The molecule has 6 rings (SSSR count). The van der Waals surface area contributed by atoms with Gasteiger partial charge in [0.15, 0.2) is 0 Å². The summed E-state index contributed by atoms with van der Waals surface area (Å²) >= 11 is 1.45. The number of fused-ring (bicyclic) bond motifs is 1. The number of thioether (sulfide) groups is 1. The Bertz CT molecular complexity index is 1600. The van der Waals surface area contributed by atoms with Crippen LogP contribution in [0.1, 0.15) is 29.2 Å². The highest BCUT2D eigenvalue weighted by molar-refractivity contribution is 8.00. The SMILES string of the molecule is COc1ccc(OC)c([C@H]2SCC(=O)N(CC(=O)N3CCCC3)c3c2c(-c2ccccc2)nn3-c2ccc(F)cc2)c1. The second-order valence-electron chi connectivity index (χ2n) is 10.2. The molecule has 0 N–H and O–H groups in total. The number of hydrogen-bond donors (Lipinski definition) is 0. The molecule has 10 heteroatoms. The summed E-state index contributed by atoms with van der Waals surface area (Å²) in [6, 6.07) is 21.3. The fraction of sp³-hybridized carbons (Fsp3) is 0.281. The Labute approximate surface area is 248 Å². The van der Waals surface area contributed by atoms with E-state index < -0.39 is 5.25 Å². The van der Waals surface area contributed by atoms with Crippen molar-refractivity contribution in [1.29, 1.82) is 0 Å². The predicted molar refractivity (Wildman–Crippen MR) is 161 cm³/mol. The molecule has 0 unspecified atom stereocenters. The van der Waals surface area contributed by atoms with E-state index in [-0.39, 0.29) is 29.9 Å². The quantitative estimate of drug-likeness (QED) is 0.285. The Hall–Kier alpha value is -4.31. The number of rotatable bonds is 7. The molecule has 216 valence electrons. The minimum absolute atomic E-state index is 0.109. The number of anilines is 1. The zero-order chi connectivity index (χ0) is 29.2. The lowest BCUT2D eigenvalue weighted by Gasteiger charge is -2.25. The van der Waals surface area contributed by atoms with E-state index in [0.717, 1.165) is 29.5 Å². The highest BCUT2D eigenvalue weighted by Gasteiger charge is 2.39. The Morgan fingerprint density at radius 1 is 1.00 bits per heavy atom. The topological polar surface area (TPSA) is 76.9 Å². The van der Waals surface area contributed by atoms with Crippen molar-refractivity contribution in [2.45, 2.75) is 18.1 Å². The molecule has 1 saturated heterocycles. The van der Waals surface area contributed by atoms with Gasteiger partial charge in [-0.15, -0.1) is 11.8 Å². The van der Waals surface area contributed by atoms with Gasteiger partial charge in [0.05, 0.1) is 36.6 Å². The number of hydrogen-bond acceptors (Lipinski definition) is 6. The molecule has 2 aliphatic rings. The molecule has 1 fully saturated rings. The molecular weight excluding hydrogens is 555 g/mol. The van der Waals surface area contributed by atoms with E-state index in [1.807, 2.05) is 53.4 Å². The number of methoxy groups -OCH3 is 2. The van der Waals surface area contributed by atoms with Crippen LogP contribution in [0.3, 0.4) is 0 Å². The average molecular weight is 587 g/mol. The van der Waals surface area contributed by atoms with E-state index in [4.69, 9.17) is 14.6 Å². The monoisotopic (exact) mass is 586 g/mol. The second kappa shape index (κ2) is 11.9. The molecule has 1 aromatic heterocycles. The molecule has 42 heavy (non-hydrogen) atoms. The second-order valence-corrected chi connectivity index (χ2v) is 11.3. The minimum Gasteiger partial charge on any atom is -0.497 e. The lowest BCUT2D eigenvalue weighted by atomic mass is 9.98. The zero-order valence-electron chi connectivity index (χ0n) is 23.5. The molecule has 2 amide bonds. The van der Waals surface area contributed by atoms with Gasteiger partial charge < -0.3 is 14.4 Å². The van der Waals surface area contributed by atoms with E-state index in [2.05, 4.69) is 0 Å². The number of carbonyl (C=O) groups is 2. The molecule has 3 heterocycles. The summed E-state index contributed by atoms with van der Waals surface area (Å²) in [4.78, 5) is 30.8. The van der Waals surface area contributed by atoms with Crippen molar-refractivity contribution in [1.82, 2.24) is 14.7 Å². The number of carbonyl (C=O) groups excluding carboxylic acids is 2. The molecule has 0 radical (unpaired) electrons. The normalized spacial score (nSPS) is 16.7. The van der Waals surface area contributed by atoms with Crippen molar-refractivity contribution in [3.05, 3.63) is 89.7 Å². The molecule has 1 atom stereocenters. The third-order valence-electron chi connectivity index (χ3n) is 7.68. The Balaban J connectivity index is 1.63. The van der Waals surface area contributed by atoms with E-state index in [1.54, 1.807) is 35.9 Å². The van der Waals surface area contributed by atoms with E-state index in [9.17, 15) is 14.0 Å².